The molecule has 0 fully saturated rings. The van der Waals surface area contributed by atoms with Gasteiger partial charge in [-0.2, -0.15) is 10.2 Å². The number of hydrogen-bond acceptors (Lipinski definition) is 4. The van der Waals surface area contributed by atoms with Crippen LogP contribution in [0.15, 0.2) is 24.8 Å². The summed E-state index contributed by atoms with van der Waals surface area (Å²) in [6.07, 6.45) is 7.06. The average molecular weight is 228 g/mol. The zero-order valence-electron chi connectivity index (χ0n) is 9.62. The topological polar surface area (TPSA) is 74.0 Å². The van der Waals surface area contributed by atoms with Crippen molar-refractivity contribution in [1.82, 2.24) is 24.4 Å². The van der Waals surface area contributed by atoms with Crippen LogP contribution in [0.5, 0.6) is 0 Å². The third-order valence-electron chi connectivity index (χ3n) is 2.92. The number of nitrogens with two attached hydrogens (primary N) is 1. The molecule has 0 saturated carbocycles. The lowest BCUT2D eigenvalue weighted by atomic mass is 10.1. The summed E-state index contributed by atoms with van der Waals surface area (Å²) in [6, 6.07) is 0. The van der Waals surface area contributed by atoms with Crippen LogP contribution >= 0.6 is 0 Å². The fourth-order valence-corrected chi connectivity index (χ4v) is 1.92. The molecule has 0 amide bonds. The molecule has 17 heavy (non-hydrogen) atoms. The third kappa shape index (κ3) is 1.30. The molecule has 0 spiro atoms. The summed E-state index contributed by atoms with van der Waals surface area (Å²) in [6.45, 7) is 1.96. The number of aromatic nitrogens is 5. The predicted octanol–water partition coefficient (Wildman–Crippen LogP) is 1.02. The second-order valence-corrected chi connectivity index (χ2v) is 3.95. The molecule has 3 aromatic heterocycles. The number of nitrogen functional groups attached to an aromatic ring is 1. The molecule has 0 radical (unpaired) electrons. The van der Waals surface area contributed by atoms with Gasteiger partial charge in [0.1, 0.15) is 11.5 Å². The van der Waals surface area contributed by atoms with Crippen LogP contribution in [0, 0.1) is 6.92 Å². The van der Waals surface area contributed by atoms with E-state index < -0.39 is 0 Å². The summed E-state index contributed by atoms with van der Waals surface area (Å²) in [7, 11) is 1.83. The summed E-state index contributed by atoms with van der Waals surface area (Å²) in [4.78, 5) is 4.10. The lowest BCUT2D eigenvalue weighted by Crippen LogP contribution is -1.97. The van der Waals surface area contributed by atoms with E-state index in [1.807, 2.05) is 14.0 Å². The Kier molecular flexibility index (Phi) is 1.91. The first kappa shape index (κ1) is 9.83. The molecule has 2 N–H and O–H groups in total. The summed E-state index contributed by atoms with van der Waals surface area (Å²) < 4.78 is 3.44. The molecular weight excluding hydrogens is 216 g/mol. The largest absolute Gasteiger partial charge is 0.384 e. The van der Waals surface area contributed by atoms with Crippen molar-refractivity contribution in [1.29, 1.82) is 0 Å². The van der Waals surface area contributed by atoms with E-state index in [0.717, 1.165) is 22.3 Å². The van der Waals surface area contributed by atoms with Crippen LogP contribution in [-0.4, -0.2) is 24.4 Å². The van der Waals surface area contributed by atoms with Gasteiger partial charge in [0.2, 0.25) is 0 Å². The van der Waals surface area contributed by atoms with Gasteiger partial charge in [-0.25, -0.2) is 4.52 Å². The zero-order chi connectivity index (χ0) is 12.0. The van der Waals surface area contributed by atoms with Crippen LogP contribution in [0.1, 0.15) is 5.56 Å². The fraction of sp³-hybridized carbons (Fsp3) is 0.182. The highest BCUT2D eigenvalue weighted by Crippen LogP contribution is 2.28. The molecule has 0 aliphatic carbocycles. The monoisotopic (exact) mass is 228 g/mol. The highest BCUT2D eigenvalue weighted by atomic mass is 15.3. The van der Waals surface area contributed by atoms with Crippen LogP contribution in [-0.2, 0) is 7.05 Å². The van der Waals surface area contributed by atoms with Gasteiger partial charge in [0.05, 0.1) is 17.9 Å². The van der Waals surface area contributed by atoms with Gasteiger partial charge in [-0.05, 0) is 6.92 Å². The normalized spacial score (nSPS) is 11.2. The van der Waals surface area contributed by atoms with Gasteiger partial charge in [-0.1, -0.05) is 0 Å². The van der Waals surface area contributed by atoms with Gasteiger partial charge in [-0.15, -0.1) is 0 Å². The summed E-state index contributed by atoms with van der Waals surface area (Å²) in [5.74, 6) is 0.670. The summed E-state index contributed by atoms with van der Waals surface area (Å²) in [5.41, 5.74) is 9.60. The molecule has 86 valence electrons. The number of aryl methyl sites for hydroxylation is 1. The molecule has 3 aromatic rings. The van der Waals surface area contributed by atoms with Gasteiger partial charge in [0, 0.05) is 30.6 Å². The molecule has 0 aliphatic heterocycles. The molecule has 3 heterocycles. The number of fused-ring (bicyclic) bond motifs is 1. The van der Waals surface area contributed by atoms with E-state index in [1.165, 1.54) is 0 Å². The summed E-state index contributed by atoms with van der Waals surface area (Å²) >= 11 is 0. The predicted molar refractivity (Wildman–Crippen MR) is 64.3 cm³/mol. The van der Waals surface area contributed by atoms with Crippen LogP contribution in [0.2, 0.25) is 0 Å². The van der Waals surface area contributed by atoms with Crippen LogP contribution in [0.3, 0.4) is 0 Å². The van der Waals surface area contributed by atoms with Crippen molar-refractivity contribution >= 4 is 11.3 Å². The standard InChI is InChI=1S/C11H12N6/c1-7-10(15-16(2)11(7)12)8-5-14-17-4-3-13-6-9(8)17/h3-6H,12H2,1-2H3. The molecule has 3 rings (SSSR count). The minimum absolute atomic E-state index is 0.670. The Morgan fingerprint density at radius 3 is 2.82 bits per heavy atom. The Morgan fingerprint density at radius 1 is 1.29 bits per heavy atom. The lowest BCUT2D eigenvalue weighted by molar-refractivity contribution is 0.782. The summed E-state index contributed by atoms with van der Waals surface area (Å²) in [5, 5.41) is 8.67. The maximum atomic E-state index is 5.91. The smallest absolute Gasteiger partial charge is 0.124 e. The second-order valence-electron chi connectivity index (χ2n) is 3.95. The van der Waals surface area contributed by atoms with E-state index in [9.17, 15) is 0 Å². The number of hydrogen-bond donors (Lipinski definition) is 1. The molecular formula is C11H12N6. The van der Waals surface area contributed by atoms with Gasteiger partial charge in [0.25, 0.3) is 0 Å². The molecule has 0 atom stereocenters. The molecule has 0 aliphatic rings. The zero-order valence-corrected chi connectivity index (χ0v) is 9.62. The van der Waals surface area contributed by atoms with Crippen molar-refractivity contribution in [2.45, 2.75) is 6.92 Å². The van der Waals surface area contributed by atoms with Crippen molar-refractivity contribution < 1.29 is 0 Å². The highest BCUT2D eigenvalue weighted by molar-refractivity contribution is 5.80. The molecule has 0 saturated heterocycles. The van der Waals surface area contributed by atoms with E-state index >= 15 is 0 Å². The molecule has 6 nitrogen and oxygen atoms in total. The Balaban J connectivity index is 2.31. The van der Waals surface area contributed by atoms with Crippen molar-refractivity contribution in [3.05, 3.63) is 30.4 Å². The van der Waals surface area contributed by atoms with Gasteiger partial charge < -0.3 is 5.73 Å². The maximum Gasteiger partial charge on any atom is 0.124 e. The van der Waals surface area contributed by atoms with Crippen LogP contribution < -0.4 is 5.73 Å². The minimum atomic E-state index is 0.670. The highest BCUT2D eigenvalue weighted by Gasteiger charge is 2.15. The third-order valence-corrected chi connectivity index (χ3v) is 2.92. The number of nitrogens with zero attached hydrogens (tertiary/aromatic N) is 5. The van der Waals surface area contributed by atoms with Crippen LogP contribution in [0.25, 0.3) is 16.8 Å². The Bertz CT molecular complexity index is 693. The maximum absolute atomic E-state index is 5.91. The number of anilines is 1. The Morgan fingerprint density at radius 2 is 2.12 bits per heavy atom. The second kappa shape index (κ2) is 3.31. The van der Waals surface area contributed by atoms with E-state index in [2.05, 4.69) is 15.2 Å². The van der Waals surface area contributed by atoms with Crippen molar-refractivity contribution in [2.75, 3.05) is 5.73 Å². The molecule has 0 unspecified atom stereocenters. The Hall–Kier alpha value is -2.37. The first-order valence-electron chi connectivity index (χ1n) is 5.25. The molecule has 0 bridgehead atoms. The van der Waals surface area contributed by atoms with Crippen molar-refractivity contribution in [3.63, 3.8) is 0 Å². The number of rotatable bonds is 1. The Labute approximate surface area is 97.7 Å². The average Bonchev–Trinajstić information content (AvgIpc) is 2.86. The van der Waals surface area contributed by atoms with Gasteiger partial charge in [0.15, 0.2) is 0 Å². The lowest BCUT2D eigenvalue weighted by Gasteiger charge is -1.95. The van der Waals surface area contributed by atoms with E-state index in [4.69, 9.17) is 5.73 Å². The fourth-order valence-electron chi connectivity index (χ4n) is 1.92. The van der Waals surface area contributed by atoms with Gasteiger partial charge >= 0.3 is 0 Å². The van der Waals surface area contributed by atoms with Crippen LogP contribution in [0.4, 0.5) is 5.82 Å². The van der Waals surface area contributed by atoms with E-state index in [-0.39, 0.29) is 0 Å². The van der Waals surface area contributed by atoms with Gasteiger partial charge in [-0.3, -0.25) is 9.67 Å². The first-order valence-corrected chi connectivity index (χ1v) is 5.25. The first-order chi connectivity index (χ1) is 8.18. The minimum Gasteiger partial charge on any atom is -0.384 e. The van der Waals surface area contributed by atoms with Crippen molar-refractivity contribution in [2.24, 2.45) is 7.05 Å². The van der Waals surface area contributed by atoms with Crippen molar-refractivity contribution in [3.8, 4) is 11.3 Å². The van der Waals surface area contributed by atoms with E-state index in [1.54, 1.807) is 34.0 Å². The quantitative estimate of drug-likeness (QED) is 0.674. The van der Waals surface area contributed by atoms with E-state index in [0.29, 0.717) is 5.82 Å². The molecule has 0 aromatic carbocycles. The molecule has 6 heteroatoms. The SMILES string of the molecule is Cc1c(-c2cnn3ccncc23)nn(C)c1N.